The number of nitrogen functional groups attached to an aromatic ring is 1. The summed E-state index contributed by atoms with van der Waals surface area (Å²) in [5, 5.41) is 13.6. The van der Waals surface area contributed by atoms with Gasteiger partial charge in [-0.1, -0.05) is 20.8 Å². The van der Waals surface area contributed by atoms with Crippen molar-refractivity contribution >= 4 is 5.82 Å². The Balaban J connectivity index is 2.94. The molecular formula is C10H19N3O. The molecule has 0 fully saturated rings. The number of rotatable bonds is 2. The lowest BCUT2D eigenvalue weighted by atomic mass is 9.92. The fourth-order valence-electron chi connectivity index (χ4n) is 1.19. The Labute approximate surface area is 84.7 Å². The third kappa shape index (κ3) is 2.48. The van der Waals surface area contributed by atoms with Crippen LogP contribution in [0.2, 0.25) is 0 Å². The maximum atomic E-state index is 9.23. The quantitative estimate of drug-likeness (QED) is 0.747. The van der Waals surface area contributed by atoms with E-state index in [1.54, 1.807) is 11.6 Å². The Hall–Kier alpha value is -1.03. The van der Waals surface area contributed by atoms with Gasteiger partial charge >= 0.3 is 0 Å². The zero-order chi connectivity index (χ0) is 10.9. The highest BCUT2D eigenvalue weighted by atomic mass is 16.3. The first-order valence-corrected chi connectivity index (χ1v) is 4.82. The average molecular weight is 197 g/mol. The zero-order valence-electron chi connectivity index (χ0n) is 9.28. The molecule has 0 aliphatic carbocycles. The molecule has 1 aromatic rings. The van der Waals surface area contributed by atoms with Crippen molar-refractivity contribution in [2.75, 3.05) is 5.73 Å². The zero-order valence-corrected chi connectivity index (χ0v) is 9.28. The molecule has 1 heterocycles. The summed E-state index contributed by atoms with van der Waals surface area (Å²) < 4.78 is 1.64. The van der Waals surface area contributed by atoms with Gasteiger partial charge in [-0.2, -0.15) is 5.10 Å². The van der Waals surface area contributed by atoms with Crippen molar-refractivity contribution in [2.24, 2.45) is 0 Å². The second-order valence-electron chi connectivity index (χ2n) is 4.74. The summed E-state index contributed by atoms with van der Waals surface area (Å²) in [6, 6.07) is 1.86. The van der Waals surface area contributed by atoms with E-state index in [1.807, 2.05) is 6.07 Å². The molecule has 0 aliphatic rings. The van der Waals surface area contributed by atoms with E-state index in [-0.39, 0.29) is 5.41 Å². The topological polar surface area (TPSA) is 64.1 Å². The maximum absolute atomic E-state index is 9.23. The van der Waals surface area contributed by atoms with Gasteiger partial charge in [-0.3, -0.25) is 0 Å². The predicted octanol–water partition coefficient (Wildman–Crippen LogP) is 1.14. The Bertz CT molecular complexity index is 310. The molecule has 0 aromatic carbocycles. The van der Waals surface area contributed by atoms with Crippen LogP contribution in [0.4, 0.5) is 5.82 Å². The lowest BCUT2D eigenvalue weighted by Crippen LogP contribution is -2.17. The third-order valence-electron chi connectivity index (χ3n) is 2.02. The number of nitrogens with two attached hydrogens (primary N) is 1. The Morgan fingerprint density at radius 1 is 1.57 bits per heavy atom. The third-order valence-corrected chi connectivity index (χ3v) is 2.02. The molecule has 80 valence electrons. The van der Waals surface area contributed by atoms with Gasteiger partial charge in [0.25, 0.3) is 0 Å². The van der Waals surface area contributed by atoms with E-state index < -0.39 is 6.10 Å². The van der Waals surface area contributed by atoms with Gasteiger partial charge < -0.3 is 10.8 Å². The summed E-state index contributed by atoms with van der Waals surface area (Å²) >= 11 is 0. The number of nitrogens with zero attached hydrogens (tertiary/aromatic N) is 2. The number of hydrogen-bond acceptors (Lipinski definition) is 3. The van der Waals surface area contributed by atoms with Crippen LogP contribution >= 0.6 is 0 Å². The standard InChI is InChI=1S/C10H19N3O/c1-7(14)6-13-9(11)5-8(12-13)10(2,3)4/h5,7,14H,6,11H2,1-4H3. The SMILES string of the molecule is CC(O)Cn1nc(C(C)(C)C)cc1N. The van der Waals surface area contributed by atoms with Crippen LogP contribution in [0.3, 0.4) is 0 Å². The lowest BCUT2D eigenvalue weighted by Gasteiger charge is -2.14. The maximum Gasteiger partial charge on any atom is 0.122 e. The highest BCUT2D eigenvalue weighted by Crippen LogP contribution is 2.22. The second kappa shape index (κ2) is 3.61. The second-order valence-corrected chi connectivity index (χ2v) is 4.74. The number of aliphatic hydroxyl groups is 1. The first-order chi connectivity index (χ1) is 6.30. The molecule has 0 spiro atoms. The van der Waals surface area contributed by atoms with Crippen molar-refractivity contribution in [1.82, 2.24) is 9.78 Å². The summed E-state index contributed by atoms with van der Waals surface area (Å²) in [5.74, 6) is 0.607. The summed E-state index contributed by atoms with van der Waals surface area (Å²) in [4.78, 5) is 0. The van der Waals surface area contributed by atoms with E-state index in [1.165, 1.54) is 0 Å². The minimum Gasteiger partial charge on any atom is -0.391 e. The molecule has 4 nitrogen and oxygen atoms in total. The fourth-order valence-corrected chi connectivity index (χ4v) is 1.19. The van der Waals surface area contributed by atoms with Crippen LogP contribution < -0.4 is 5.73 Å². The predicted molar refractivity (Wildman–Crippen MR) is 57.0 cm³/mol. The van der Waals surface area contributed by atoms with E-state index in [0.717, 1.165) is 5.69 Å². The molecular weight excluding hydrogens is 178 g/mol. The van der Waals surface area contributed by atoms with Crippen LogP contribution in [0.25, 0.3) is 0 Å². The van der Waals surface area contributed by atoms with Crippen molar-refractivity contribution in [3.8, 4) is 0 Å². The number of hydrogen-bond donors (Lipinski definition) is 2. The summed E-state index contributed by atoms with van der Waals surface area (Å²) in [5.41, 5.74) is 6.73. The van der Waals surface area contributed by atoms with Gasteiger partial charge in [0.2, 0.25) is 0 Å². The minimum absolute atomic E-state index is 0.00192. The number of anilines is 1. The van der Waals surface area contributed by atoms with E-state index in [9.17, 15) is 5.11 Å². The largest absolute Gasteiger partial charge is 0.391 e. The minimum atomic E-state index is -0.426. The number of aliphatic hydroxyl groups excluding tert-OH is 1. The molecule has 1 atom stereocenters. The summed E-state index contributed by atoms with van der Waals surface area (Å²) in [6.45, 7) is 8.42. The molecule has 0 radical (unpaired) electrons. The van der Waals surface area contributed by atoms with Crippen molar-refractivity contribution in [3.63, 3.8) is 0 Å². The highest BCUT2D eigenvalue weighted by molar-refractivity contribution is 5.33. The van der Waals surface area contributed by atoms with Crippen LogP contribution in [0.5, 0.6) is 0 Å². The normalized spacial score (nSPS) is 14.4. The van der Waals surface area contributed by atoms with Crippen molar-refractivity contribution in [3.05, 3.63) is 11.8 Å². The van der Waals surface area contributed by atoms with Gasteiger partial charge in [-0.15, -0.1) is 0 Å². The summed E-state index contributed by atoms with van der Waals surface area (Å²) in [6.07, 6.45) is -0.426. The van der Waals surface area contributed by atoms with Gasteiger partial charge in [0, 0.05) is 11.5 Å². The fraction of sp³-hybridized carbons (Fsp3) is 0.700. The van der Waals surface area contributed by atoms with Crippen LogP contribution in [-0.2, 0) is 12.0 Å². The van der Waals surface area contributed by atoms with Crippen LogP contribution in [-0.4, -0.2) is 21.0 Å². The van der Waals surface area contributed by atoms with E-state index in [0.29, 0.717) is 12.4 Å². The average Bonchev–Trinajstić information content (AvgIpc) is 2.30. The number of aromatic nitrogens is 2. The molecule has 1 aromatic heterocycles. The van der Waals surface area contributed by atoms with E-state index in [4.69, 9.17) is 5.73 Å². The Morgan fingerprint density at radius 3 is 2.50 bits per heavy atom. The van der Waals surface area contributed by atoms with Crippen LogP contribution in [0, 0.1) is 0 Å². The van der Waals surface area contributed by atoms with E-state index in [2.05, 4.69) is 25.9 Å². The molecule has 3 N–H and O–H groups in total. The van der Waals surface area contributed by atoms with E-state index >= 15 is 0 Å². The molecule has 1 rings (SSSR count). The molecule has 1 unspecified atom stereocenters. The molecule has 0 saturated heterocycles. The molecule has 14 heavy (non-hydrogen) atoms. The molecule has 4 heteroatoms. The van der Waals surface area contributed by atoms with Crippen molar-refractivity contribution < 1.29 is 5.11 Å². The molecule has 0 saturated carbocycles. The van der Waals surface area contributed by atoms with Gasteiger partial charge in [0.1, 0.15) is 5.82 Å². The van der Waals surface area contributed by atoms with Crippen LogP contribution in [0.1, 0.15) is 33.4 Å². The Morgan fingerprint density at radius 2 is 2.14 bits per heavy atom. The van der Waals surface area contributed by atoms with Gasteiger partial charge in [0.15, 0.2) is 0 Å². The molecule has 0 amide bonds. The first kappa shape index (κ1) is 11.0. The lowest BCUT2D eigenvalue weighted by molar-refractivity contribution is 0.169. The smallest absolute Gasteiger partial charge is 0.122 e. The van der Waals surface area contributed by atoms with Gasteiger partial charge in [-0.25, -0.2) is 4.68 Å². The monoisotopic (exact) mass is 197 g/mol. The van der Waals surface area contributed by atoms with Crippen molar-refractivity contribution in [2.45, 2.75) is 45.8 Å². The Kier molecular flexibility index (Phi) is 2.85. The van der Waals surface area contributed by atoms with Gasteiger partial charge in [0.05, 0.1) is 18.3 Å². The first-order valence-electron chi connectivity index (χ1n) is 4.82. The van der Waals surface area contributed by atoms with Crippen molar-refractivity contribution in [1.29, 1.82) is 0 Å². The highest BCUT2D eigenvalue weighted by Gasteiger charge is 2.19. The van der Waals surface area contributed by atoms with Crippen LogP contribution in [0.15, 0.2) is 6.07 Å². The molecule has 0 aliphatic heterocycles. The molecule has 0 bridgehead atoms. The summed E-state index contributed by atoms with van der Waals surface area (Å²) in [7, 11) is 0. The van der Waals surface area contributed by atoms with Gasteiger partial charge in [-0.05, 0) is 6.92 Å².